The maximum absolute atomic E-state index is 11.8. The van der Waals surface area contributed by atoms with Crippen molar-refractivity contribution in [3.63, 3.8) is 0 Å². The summed E-state index contributed by atoms with van der Waals surface area (Å²) in [6, 6.07) is 6.38. The minimum Gasteiger partial charge on any atom is -0.366 e. The largest absolute Gasteiger partial charge is 0.366 e. The summed E-state index contributed by atoms with van der Waals surface area (Å²) in [4.78, 5) is 14.3. The number of anilines is 1. The van der Waals surface area contributed by atoms with E-state index >= 15 is 0 Å². The Morgan fingerprint density at radius 3 is 2.72 bits per heavy atom. The van der Waals surface area contributed by atoms with Crippen LogP contribution < -0.4 is 10.2 Å². The third kappa shape index (κ3) is 3.71. The monoisotopic (exact) mass is 339 g/mol. The van der Waals surface area contributed by atoms with Gasteiger partial charge in [-0.25, -0.2) is 0 Å². The second-order valence-electron chi connectivity index (χ2n) is 7.59. The van der Waals surface area contributed by atoms with Crippen LogP contribution in [0.15, 0.2) is 17.7 Å². The van der Waals surface area contributed by atoms with Crippen molar-refractivity contribution in [2.24, 2.45) is 0 Å². The fourth-order valence-corrected chi connectivity index (χ4v) is 3.89. The first-order valence-corrected chi connectivity index (χ1v) is 9.01. The van der Waals surface area contributed by atoms with Crippen LogP contribution in [0.1, 0.15) is 63.1 Å². The van der Waals surface area contributed by atoms with E-state index < -0.39 is 0 Å². The van der Waals surface area contributed by atoms with Gasteiger partial charge in [0, 0.05) is 24.8 Å². The molecule has 0 spiro atoms. The summed E-state index contributed by atoms with van der Waals surface area (Å²) in [5.74, 6) is 0.0952. The number of likely N-dealkylation sites (N-methyl/N-ethyl adjacent to an activating group) is 1. The minimum atomic E-state index is -0.346. The van der Waals surface area contributed by atoms with E-state index in [1.165, 1.54) is 11.3 Å². The van der Waals surface area contributed by atoms with Gasteiger partial charge in [0.1, 0.15) is 11.6 Å². The van der Waals surface area contributed by atoms with E-state index in [9.17, 15) is 10.1 Å². The van der Waals surface area contributed by atoms with E-state index in [4.69, 9.17) is 0 Å². The van der Waals surface area contributed by atoms with E-state index in [2.05, 4.69) is 50.0 Å². The molecule has 4 heteroatoms. The van der Waals surface area contributed by atoms with Crippen molar-refractivity contribution in [3.05, 3.63) is 34.4 Å². The molecule has 0 radical (unpaired) electrons. The quantitative estimate of drug-likeness (QED) is 0.662. The van der Waals surface area contributed by atoms with Gasteiger partial charge in [-0.15, -0.1) is 0 Å². The van der Waals surface area contributed by atoms with Crippen LogP contribution in [0.4, 0.5) is 5.69 Å². The highest BCUT2D eigenvalue weighted by atomic mass is 16.1. The molecular weight excluding hydrogens is 310 g/mol. The molecule has 1 aromatic rings. The van der Waals surface area contributed by atoms with E-state index in [1.807, 2.05) is 13.0 Å². The maximum atomic E-state index is 11.8. The Balaban J connectivity index is 2.58. The van der Waals surface area contributed by atoms with E-state index in [0.29, 0.717) is 5.92 Å². The molecule has 1 amide bonds. The van der Waals surface area contributed by atoms with Gasteiger partial charge in [-0.05, 0) is 74.4 Å². The summed E-state index contributed by atoms with van der Waals surface area (Å²) in [7, 11) is 1.54. The minimum absolute atomic E-state index is 0.131. The molecule has 1 atom stereocenters. The third-order valence-corrected chi connectivity index (χ3v) is 5.11. The lowest BCUT2D eigenvalue weighted by Gasteiger charge is -2.48. The molecule has 4 nitrogen and oxygen atoms in total. The highest BCUT2D eigenvalue weighted by Crippen LogP contribution is 2.44. The zero-order valence-electron chi connectivity index (χ0n) is 16.2. The Labute approximate surface area is 151 Å². The van der Waals surface area contributed by atoms with Gasteiger partial charge in [0.15, 0.2) is 0 Å². The number of fused-ring (bicyclic) bond motifs is 1. The molecule has 0 fully saturated rings. The SMILES string of the molecule is CCCN1c2cc(C)c(/C=C(\C#N)C(=O)NC)cc2C(C)CC1(C)C. The molecule has 1 N–H and O–H groups in total. The van der Waals surface area contributed by atoms with Gasteiger partial charge in [0.25, 0.3) is 5.91 Å². The van der Waals surface area contributed by atoms with Crippen LogP contribution >= 0.6 is 0 Å². The number of carbonyl (C=O) groups excluding carboxylic acids is 1. The number of carbonyl (C=O) groups is 1. The first kappa shape index (κ1) is 19.1. The number of nitrogens with one attached hydrogen (secondary N) is 1. The van der Waals surface area contributed by atoms with Crippen molar-refractivity contribution in [2.45, 2.75) is 58.9 Å². The Morgan fingerprint density at radius 1 is 1.48 bits per heavy atom. The Bertz CT molecular complexity index is 740. The van der Waals surface area contributed by atoms with Crippen molar-refractivity contribution in [2.75, 3.05) is 18.5 Å². The summed E-state index contributed by atoms with van der Waals surface area (Å²) in [5.41, 5.74) is 4.90. The molecule has 134 valence electrons. The lowest BCUT2D eigenvalue weighted by atomic mass is 9.78. The number of hydrogen-bond donors (Lipinski definition) is 1. The average molecular weight is 339 g/mol. The van der Waals surface area contributed by atoms with Crippen LogP contribution in [0.2, 0.25) is 0 Å². The highest BCUT2D eigenvalue weighted by molar-refractivity contribution is 6.01. The number of nitriles is 1. The standard InChI is InChI=1S/C21H29N3O/c1-7-8-24-19-9-14(2)16(10-17(13-22)20(25)23-6)11-18(19)15(3)12-21(24,4)5/h9-11,15H,7-8,12H2,1-6H3,(H,23,25)/b17-10+. The van der Waals surface area contributed by atoms with Crippen LogP contribution in [0.5, 0.6) is 0 Å². The lowest BCUT2D eigenvalue weighted by molar-refractivity contribution is -0.116. The van der Waals surface area contributed by atoms with Crippen molar-refractivity contribution >= 4 is 17.7 Å². The second-order valence-corrected chi connectivity index (χ2v) is 7.59. The summed E-state index contributed by atoms with van der Waals surface area (Å²) in [6.07, 6.45) is 3.89. The van der Waals surface area contributed by atoms with Crippen LogP contribution in [0.3, 0.4) is 0 Å². The maximum Gasteiger partial charge on any atom is 0.261 e. The van der Waals surface area contributed by atoms with Crippen molar-refractivity contribution in [3.8, 4) is 6.07 Å². The molecule has 1 aliphatic heterocycles. The molecule has 0 saturated carbocycles. The normalized spacial score (nSPS) is 19.2. The molecule has 25 heavy (non-hydrogen) atoms. The number of amides is 1. The van der Waals surface area contributed by atoms with Crippen molar-refractivity contribution < 1.29 is 4.79 Å². The predicted molar refractivity (Wildman–Crippen MR) is 104 cm³/mol. The van der Waals surface area contributed by atoms with Crippen molar-refractivity contribution in [1.82, 2.24) is 5.32 Å². The zero-order chi connectivity index (χ0) is 18.8. The second kappa shape index (κ2) is 7.31. The van der Waals surface area contributed by atoms with E-state index in [-0.39, 0.29) is 17.0 Å². The Morgan fingerprint density at radius 2 is 2.16 bits per heavy atom. The Kier molecular flexibility index (Phi) is 5.57. The molecular formula is C21H29N3O. The van der Waals surface area contributed by atoms with Crippen LogP contribution in [-0.4, -0.2) is 25.0 Å². The third-order valence-electron chi connectivity index (χ3n) is 5.11. The smallest absolute Gasteiger partial charge is 0.261 e. The first-order valence-electron chi connectivity index (χ1n) is 9.01. The first-order chi connectivity index (χ1) is 11.7. The fourth-order valence-electron chi connectivity index (χ4n) is 3.89. The van der Waals surface area contributed by atoms with Gasteiger partial charge in [-0.1, -0.05) is 13.8 Å². The lowest BCUT2D eigenvalue weighted by Crippen LogP contribution is -2.48. The van der Waals surface area contributed by atoms with E-state index in [1.54, 1.807) is 13.1 Å². The van der Waals surface area contributed by atoms with Crippen molar-refractivity contribution in [1.29, 1.82) is 5.26 Å². The number of benzene rings is 1. The van der Waals surface area contributed by atoms with Crippen LogP contribution in [-0.2, 0) is 4.79 Å². The summed E-state index contributed by atoms with van der Waals surface area (Å²) in [5, 5.41) is 11.8. The molecule has 0 saturated heterocycles. The fraction of sp³-hybridized carbons (Fsp3) is 0.524. The predicted octanol–water partition coefficient (Wildman–Crippen LogP) is 4.15. The molecule has 0 aromatic heterocycles. The van der Waals surface area contributed by atoms with Gasteiger partial charge in [-0.3, -0.25) is 4.79 Å². The summed E-state index contributed by atoms with van der Waals surface area (Å²) >= 11 is 0. The number of hydrogen-bond acceptors (Lipinski definition) is 3. The van der Waals surface area contributed by atoms with Gasteiger partial charge in [-0.2, -0.15) is 5.26 Å². The molecule has 1 aromatic carbocycles. The van der Waals surface area contributed by atoms with E-state index in [0.717, 1.165) is 30.5 Å². The summed E-state index contributed by atoms with van der Waals surface area (Å²) in [6.45, 7) is 12.2. The molecule has 1 aliphatic rings. The zero-order valence-corrected chi connectivity index (χ0v) is 16.2. The number of nitrogens with zero attached hydrogens (tertiary/aromatic N) is 2. The van der Waals surface area contributed by atoms with Gasteiger partial charge in [0.05, 0.1) is 0 Å². The molecule has 1 unspecified atom stereocenters. The van der Waals surface area contributed by atoms with Gasteiger partial charge in [0.2, 0.25) is 0 Å². The molecule has 2 rings (SSSR count). The van der Waals surface area contributed by atoms with Gasteiger partial charge >= 0.3 is 0 Å². The molecule has 0 aliphatic carbocycles. The summed E-state index contributed by atoms with van der Waals surface area (Å²) < 4.78 is 0. The number of aryl methyl sites for hydroxylation is 1. The molecule has 1 heterocycles. The Hall–Kier alpha value is -2.28. The van der Waals surface area contributed by atoms with Gasteiger partial charge < -0.3 is 10.2 Å². The highest BCUT2D eigenvalue weighted by Gasteiger charge is 2.36. The number of rotatable bonds is 4. The average Bonchev–Trinajstić information content (AvgIpc) is 2.56. The van der Waals surface area contributed by atoms with Crippen LogP contribution in [0, 0.1) is 18.3 Å². The molecule has 0 bridgehead atoms. The topological polar surface area (TPSA) is 56.1 Å². The van der Waals surface area contributed by atoms with Crippen LogP contribution in [0.25, 0.3) is 6.08 Å².